The molecule has 0 bridgehead atoms. The van der Waals surface area contributed by atoms with Gasteiger partial charge in [0.15, 0.2) is 11.1 Å². The molecule has 1 spiro atoms. The number of rotatable bonds is 6. The smallest absolute Gasteiger partial charge is 0.335 e. The maximum absolute atomic E-state index is 13.5. The van der Waals surface area contributed by atoms with Gasteiger partial charge in [-0.15, -0.1) is 6.58 Å². The largest absolute Gasteiger partial charge is 0.481 e. The SMILES string of the molecule is C=CC[C@]1(Cc2ccccc2)N=C(OC)[C@@]2(CC[C@@](C)(COC)C2(C)C)OC1=O. The van der Waals surface area contributed by atoms with E-state index >= 15 is 0 Å². The Hall–Kier alpha value is -2.14. The number of hydrogen-bond donors (Lipinski definition) is 0. The Morgan fingerprint density at radius 1 is 1.17 bits per heavy atom. The Morgan fingerprint density at radius 3 is 2.45 bits per heavy atom. The molecule has 1 saturated carbocycles. The number of benzene rings is 1. The third-order valence-electron chi connectivity index (χ3n) is 7.33. The van der Waals surface area contributed by atoms with Gasteiger partial charge in [-0.05, 0) is 18.4 Å². The number of methoxy groups -OCH3 is 2. The van der Waals surface area contributed by atoms with Gasteiger partial charge in [-0.3, -0.25) is 0 Å². The van der Waals surface area contributed by atoms with Gasteiger partial charge >= 0.3 is 5.97 Å². The third kappa shape index (κ3) is 3.20. The molecule has 1 aromatic carbocycles. The molecule has 1 fully saturated rings. The molecule has 5 nitrogen and oxygen atoms in total. The summed E-state index contributed by atoms with van der Waals surface area (Å²) in [5.74, 6) is 0.191. The Bertz CT molecular complexity index is 802. The van der Waals surface area contributed by atoms with Gasteiger partial charge in [0.2, 0.25) is 5.90 Å². The van der Waals surface area contributed by atoms with Gasteiger partial charge in [0, 0.05) is 30.8 Å². The van der Waals surface area contributed by atoms with Crippen LogP contribution >= 0.6 is 0 Å². The number of carbonyl (C=O) groups excluding carboxylic acids is 1. The van der Waals surface area contributed by atoms with Gasteiger partial charge in [-0.1, -0.05) is 57.2 Å². The summed E-state index contributed by atoms with van der Waals surface area (Å²) < 4.78 is 17.7. The molecule has 158 valence electrons. The first kappa shape index (κ1) is 21.6. The minimum atomic E-state index is -1.06. The topological polar surface area (TPSA) is 57.1 Å². The zero-order valence-corrected chi connectivity index (χ0v) is 18.3. The second-order valence-electron chi connectivity index (χ2n) is 9.14. The molecule has 29 heavy (non-hydrogen) atoms. The summed E-state index contributed by atoms with van der Waals surface area (Å²) in [5, 5.41) is 0. The van der Waals surface area contributed by atoms with Crippen molar-refractivity contribution >= 4 is 11.9 Å². The number of nitrogens with zero attached hydrogens (tertiary/aromatic N) is 1. The second-order valence-corrected chi connectivity index (χ2v) is 9.14. The van der Waals surface area contributed by atoms with Crippen LogP contribution in [-0.2, 0) is 25.4 Å². The first-order chi connectivity index (χ1) is 13.7. The van der Waals surface area contributed by atoms with Crippen molar-refractivity contribution in [3.8, 4) is 0 Å². The van der Waals surface area contributed by atoms with Gasteiger partial charge < -0.3 is 14.2 Å². The fraction of sp³-hybridized carbons (Fsp3) is 0.583. The van der Waals surface area contributed by atoms with Crippen LogP contribution in [0.2, 0.25) is 0 Å². The molecule has 1 aliphatic carbocycles. The van der Waals surface area contributed by atoms with E-state index in [9.17, 15) is 4.79 Å². The van der Waals surface area contributed by atoms with Crippen LogP contribution in [0, 0.1) is 10.8 Å². The predicted octanol–water partition coefficient (Wildman–Crippen LogP) is 4.36. The highest BCUT2D eigenvalue weighted by Crippen LogP contribution is 2.61. The summed E-state index contributed by atoms with van der Waals surface area (Å²) >= 11 is 0. The summed E-state index contributed by atoms with van der Waals surface area (Å²) in [6, 6.07) is 9.88. The molecule has 0 radical (unpaired) electrons. The standard InChI is InChI=1S/C24H33NO4/c1-7-13-23(16-18-11-9-8-10-12-18)20(26)29-24(19(25-23)28-6)15-14-22(4,17-27-5)21(24,2)3/h7-12H,1,13-17H2,2-6H3/t22-,23+,24+/m0/s1. The van der Waals surface area contributed by atoms with E-state index in [-0.39, 0.29) is 11.4 Å². The van der Waals surface area contributed by atoms with Crippen LogP contribution in [0.5, 0.6) is 0 Å². The van der Waals surface area contributed by atoms with E-state index in [4.69, 9.17) is 19.2 Å². The van der Waals surface area contributed by atoms with Crippen molar-refractivity contribution in [2.24, 2.45) is 15.8 Å². The van der Waals surface area contributed by atoms with Crippen LogP contribution in [0.3, 0.4) is 0 Å². The molecule has 0 saturated heterocycles. The van der Waals surface area contributed by atoms with E-state index in [1.54, 1.807) is 20.3 Å². The molecular weight excluding hydrogens is 366 g/mol. The molecular formula is C24H33NO4. The average molecular weight is 400 g/mol. The summed E-state index contributed by atoms with van der Waals surface area (Å²) in [4.78, 5) is 18.5. The molecule has 1 aromatic rings. The van der Waals surface area contributed by atoms with Crippen molar-refractivity contribution in [1.29, 1.82) is 0 Å². The zero-order chi connectivity index (χ0) is 21.3. The first-order valence-corrected chi connectivity index (χ1v) is 10.2. The summed E-state index contributed by atoms with van der Waals surface area (Å²) in [6.07, 6.45) is 4.08. The van der Waals surface area contributed by atoms with E-state index in [1.165, 1.54) is 0 Å². The predicted molar refractivity (Wildman–Crippen MR) is 114 cm³/mol. The van der Waals surface area contributed by atoms with Crippen molar-refractivity contribution < 1.29 is 19.0 Å². The van der Waals surface area contributed by atoms with Crippen molar-refractivity contribution in [3.05, 3.63) is 48.6 Å². The molecule has 1 aliphatic heterocycles. The van der Waals surface area contributed by atoms with Crippen LogP contribution < -0.4 is 0 Å². The normalized spacial score (nSPS) is 33.3. The number of carbonyl (C=O) groups is 1. The lowest BCUT2D eigenvalue weighted by atomic mass is 9.63. The van der Waals surface area contributed by atoms with E-state index in [0.717, 1.165) is 12.0 Å². The first-order valence-electron chi connectivity index (χ1n) is 10.2. The molecule has 3 rings (SSSR count). The van der Waals surface area contributed by atoms with E-state index in [2.05, 4.69) is 27.4 Å². The Labute approximate surface area is 174 Å². The van der Waals surface area contributed by atoms with Gasteiger partial charge in [-0.25, -0.2) is 9.79 Å². The van der Waals surface area contributed by atoms with Crippen molar-refractivity contribution in [3.63, 3.8) is 0 Å². The lowest BCUT2D eigenvalue weighted by Gasteiger charge is -2.50. The van der Waals surface area contributed by atoms with Crippen molar-refractivity contribution in [1.82, 2.24) is 0 Å². The van der Waals surface area contributed by atoms with E-state index in [1.807, 2.05) is 30.3 Å². The molecule has 0 amide bonds. The number of ether oxygens (including phenoxy) is 3. The highest BCUT2D eigenvalue weighted by Gasteiger charge is 2.69. The monoisotopic (exact) mass is 399 g/mol. The van der Waals surface area contributed by atoms with Gasteiger partial charge in [-0.2, -0.15) is 0 Å². The van der Waals surface area contributed by atoms with E-state index < -0.39 is 16.6 Å². The lowest BCUT2D eigenvalue weighted by Crippen LogP contribution is -2.62. The second kappa shape index (κ2) is 7.60. The molecule has 1 heterocycles. The Balaban J connectivity index is 2.10. The quantitative estimate of drug-likeness (QED) is 0.527. The van der Waals surface area contributed by atoms with Crippen LogP contribution in [0.4, 0.5) is 0 Å². The highest BCUT2D eigenvalue weighted by atomic mass is 16.6. The van der Waals surface area contributed by atoms with Crippen molar-refractivity contribution in [2.75, 3.05) is 20.8 Å². The average Bonchev–Trinajstić information content (AvgIpc) is 2.87. The third-order valence-corrected chi connectivity index (χ3v) is 7.33. The Kier molecular flexibility index (Phi) is 5.65. The molecule has 0 unspecified atom stereocenters. The minimum absolute atomic E-state index is 0.167. The summed E-state index contributed by atoms with van der Waals surface area (Å²) in [7, 11) is 3.32. The number of hydrogen-bond acceptors (Lipinski definition) is 5. The zero-order valence-electron chi connectivity index (χ0n) is 18.3. The fourth-order valence-corrected chi connectivity index (χ4v) is 5.01. The van der Waals surface area contributed by atoms with Gasteiger partial charge in [0.1, 0.15) is 0 Å². The Morgan fingerprint density at radius 2 is 1.86 bits per heavy atom. The van der Waals surface area contributed by atoms with Crippen molar-refractivity contribution in [2.45, 2.75) is 57.6 Å². The summed E-state index contributed by atoms with van der Waals surface area (Å²) in [5.41, 5.74) is -1.51. The molecule has 2 aliphatic rings. The molecule has 5 heteroatoms. The van der Waals surface area contributed by atoms with Gasteiger partial charge in [0.05, 0.1) is 13.7 Å². The maximum Gasteiger partial charge on any atom is 0.335 e. The molecule has 0 aromatic heterocycles. The maximum atomic E-state index is 13.5. The van der Waals surface area contributed by atoms with Crippen LogP contribution in [-0.4, -0.2) is 43.8 Å². The van der Waals surface area contributed by atoms with Crippen LogP contribution in [0.25, 0.3) is 0 Å². The van der Waals surface area contributed by atoms with Crippen LogP contribution in [0.1, 0.15) is 45.6 Å². The fourth-order valence-electron chi connectivity index (χ4n) is 5.01. The van der Waals surface area contributed by atoms with Crippen LogP contribution in [0.15, 0.2) is 48.0 Å². The van der Waals surface area contributed by atoms with Gasteiger partial charge in [0.25, 0.3) is 0 Å². The van der Waals surface area contributed by atoms with E-state index in [0.29, 0.717) is 31.8 Å². The lowest BCUT2D eigenvalue weighted by molar-refractivity contribution is -0.178. The number of esters is 1. The minimum Gasteiger partial charge on any atom is -0.481 e. The number of aliphatic imine (C=N–C) groups is 1. The highest BCUT2D eigenvalue weighted by molar-refractivity contribution is 5.97. The molecule has 3 atom stereocenters. The molecule has 0 N–H and O–H groups in total. The summed E-state index contributed by atoms with van der Waals surface area (Å²) in [6.45, 7) is 10.9.